The number of carboxylic acid groups (broad SMARTS) is 1. The number of nitrogens with zero attached hydrogens (tertiary/aromatic N) is 1. The van der Waals surface area contributed by atoms with Crippen molar-refractivity contribution in [1.82, 2.24) is 10.2 Å². The number of carboxylic acids is 1. The minimum absolute atomic E-state index is 0.338. The molecule has 2 fully saturated rings. The van der Waals surface area contributed by atoms with E-state index in [-0.39, 0.29) is 5.91 Å². The van der Waals surface area contributed by atoms with Gasteiger partial charge in [-0.2, -0.15) is 11.8 Å². The van der Waals surface area contributed by atoms with E-state index in [1.54, 1.807) is 11.8 Å². The zero-order chi connectivity index (χ0) is 32.7. The Morgan fingerprint density at radius 1 is 0.977 bits per heavy atom. The largest absolute Gasteiger partial charge is 0.480 e. The van der Waals surface area contributed by atoms with Crippen molar-refractivity contribution in [2.45, 2.75) is 118 Å². The molecule has 1 amide bonds. The van der Waals surface area contributed by atoms with E-state index in [1.807, 2.05) is 70.5 Å². The lowest BCUT2D eigenvalue weighted by Crippen LogP contribution is -2.41. The third-order valence-corrected chi connectivity index (χ3v) is 8.61. The van der Waals surface area contributed by atoms with Gasteiger partial charge in [0.1, 0.15) is 6.04 Å². The van der Waals surface area contributed by atoms with E-state index < -0.39 is 12.0 Å². The number of rotatable bonds is 11. The molecule has 0 radical (unpaired) electrons. The Morgan fingerprint density at radius 2 is 1.61 bits per heavy atom. The van der Waals surface area contributed by atoms with E-state index in [1.165, 1.54) is 63.4 Å². The van der Waals surface area contributed by atoms with Crippen LogP contribution in [0.4, 0.5) is 0 Å². The maximum atomic E-state index is 13.1. The number of likely N-dealkylation sites (tertiary alicyclic amines) is 1. The van der Waals surface area contributed by atoms with Crippen molar-refractivity contribution >= 4 is 23.6 Å². The lowest BCUT2D eigenvalue weighted by molar-refractivity contribution is -0.139. The molecule has 2 aromatic carbocycles. The van der Waals surface area contributed by atoms with Crippen LogP contribution in [0.25, 0.3) is 11.1 Å². The van der Waals surface area contributed by atoms with Gasteiger partial charge in [-0.1, -0.05) is 90.1 Å². The Morgan fingerprint density at radius 3 is 2.14 bits per heavy atom. The van der Waals surface area contributed by atoms with Crippen molar-refractivity contribution in [2.75, 3.05) is 32.2 Å². The van der Waals surface area contributed by atoms with Crippen LogP contribution in [0.1, 0.15) is 113 Å². The third kappa shape index (κ3) is 14.6. The van der Waals surface area contributed by atoms with Crippen molar-refractivity contribution < 1.29 is 19.4 Å². The van der Waals surface area contributed by atoms with E-state index >= 15 is 0 Å². The number of amides is 1. The Kier molecular flexibility index (Phi) is 21.6. The Balaban J connectivity index is 0.000000573. The van der Waals surface area contributed by atoms with E-state index in [0.29, 0.717) is 23.8 Å². The zero-order valence-corrected chi connectivity index (χ0v) is 29.4. The normalized spacial score (nSPS) is 15.4. The van der Waals surface area contributed by atoms with Gasteiger partial charge in [-0.05, 0) is 98.5 Å². The second-order valence-corrected chi connectivity index (χ2v) is 12.3. The molecule has 1 aliphatic carbocycles. The molecule has 0 spiro atoms. The SMILES string of the molecule is CC.CCCC.COC1CCCCC1.CSCCC(NC(=O)c1ccc(CN2CCCC2)cc1-c1ccccc1C)C(=O)O. The first-order valence-electron chi connectivity index (χ1n) is 16.8. The van der Waals surface area contributed by atoms with Crippen LogP contribution in [-0.2, 0) is 16.1 Å². The topological polar surface area (TPSA) is 78.9 Å². The summed E-state index contributed by atoms with van der Waals surface area (Å²) in [5, 5.41) is 12.2. The van der Waals surface area contributed by atoms with Gasteiger partial charge in [-0.3, -0.25) is 9.69 Å². The summed E-state index contributed by atoms with van der Waals surface area (Å²) in [5.74, 6) is -0.661. The fourth-order valence-corrected chi connectivity index (χ4v) is 5.69. The summed E-state index contributed by atoms with van der Waals surface area (Å²) in [5.41, 5.74) is 4.63. The molecular weight excluding hydrogens is 568 g/mol. The van der Waals surface area contributed by atoms with Crippen molar-refractivity contribution in [3.63, 3.8) is 0 Å². The molecule has 6 nitrogen and oxygen atoms in total. The molecule has 4 rings (SSSR count). The first-order chi connectivity index (χ1) is 21.3. The fraction of sp³-hybridized carbons (Fsp3) is 0.622. The number of aliphatic carboxylic acids is 1. The smallest absolute Gasteiger partial charge is 0.326 e. The highest BCUT2D eigenvalue weighted by atomic mass is 32.2. The Labute approximate surface area is 272 Å². The van der Waals surface area contributed by atoms with E-state index in [2.05, 4.69) is 30.1 Å². The van der Waals surface area contributed by atoms with Crippen molar-refractivity contribution in [2.24, 2.45) is 0 Å². The quantitative estimate of drug-likeness (QED) is 0.259. The molecule has 44 heavy (non-hydrogen) atoms. The van der Waals surface area contributed by atoms with Crippen LogP contribution < -0.4 is 5.32 Å². The van der Waals surface area contributed by atoms with Crippen molar-refractivity contribution in [3.8, 4) is 11.1 Å². The molecule has 0 bridgehead atoms. The standard InChI is InChI=1S/C24H30N2O3S.C7H14O.C4H10.C2H6/c1-17-7-3-4-8-19(17)21-15-18(16-26-12-5-6-13-26)9-10-20(21)23(27)25-22(24(28)29)11-14-30-2;1-8-7-5-3-2-4-6-7;1-3-4-2;1-2/h3-4,7-10,15,22H,5-6,11-14,16H2,1-2H3,(H,25,27)(H,28,29);7H,2-6H2,1H3;3-4H2,1-2H3;1-2H3. The number of unbranched alkanes of at least 4 members (excludes halogenated alkanes) is 1. The van der Waals surface area contributed by atoms with Crippen LogP contribution in [0.5, 0.6) is 0 Å². The number of hydrogen-bond donors (Lipinski definition) is 2. The summed E-state index contributed by atoms with van der Waals surface area (Å²) in [6.07, 6.45) is 14.8. The van der Waals surface area contributed by atoms with Crippen LogP contribution in [0.2, 0.25) is 0 Å². The van der Waals surface area contributed by atoms with Gasteiger partial charge in [-0.15, -0.1) is 0 Å². The summed E-state index contributed by atoms with van der Waals surface area (Å²) in [6.45, 7) is 13.5. The molecule has 2 aromatic rings. The first-order valence-corrected chi connectivity index (χ1v) is 18.2. The molecule has 0 aromatic heterocycles. The average Bonchev–Trinajstić information content (AvgIpc) is 3.58. The highest BCUT2D eigenvalue weighted by Gasteiger charge is 2.23. The average molecular weight is 629 g/mol. The maximum Gasteiger partial charge on any atom is 0.326 e. The minimum atomic E-state index is -1.000. The second kappa shape index (κ2) is 24.0. The van der Waals surface area contributed by atoms with Crippen LogP contribution in [-0.4, -0.2) is 66.2 Å². The number of carbonyl (C=O) groups excluding carboxylic acids is 1. The second-order valence-electron chi connectivity index (χ2n) is 11.3. The highest BCUT2D eigenvalue weighted by Crippen LogP contribution is 2.29. The molecule has 1 atom stereocenters. The molecule has 1 unspecified atom stereocenters. The first kappa shape index (κ1) is 39.7. The number of methoxy groups -OCH3 is 1. The maximum absolute atomic E-state index is 13.1. The van der Waals surface area contributed by atoms with E-state index in [4.69, 9.17) is 4.74 Å². The van der Waals surface area contributed by atoms with Gasteiger partial charge in [0.15, 0.2) is 0 Å². The van der Waals surface area contributed by atoms with Gasteiger partial charge in [0.05, 0.1) is 6.10 Å². The molecule has 2 aliphatic rings. The van der Waals surface area contributed by atoms with Gasteiger partial charge in [0.2, 0.25) is 0 Å². The van der Waals surface area contributed by atoms with Crippen LogP contribution >= 0.6 is 11.8 Å². The summed E-state index contributed by atoms with van der Waals surface area (Å²) in [6, 6.07) is 13.0. The molecule has 2 N–H and O–H groups in total. The van der Waals surface area contributed by atoms with Gasteiger partial charge in [0.25, 0.3) is 5.91 Å². The molecule has 248 valence electrons. The van der Waals surface area contributed by atoms with Crippen LogP contribution in [0.3, 0.4) is 0 Å². The van der Waals surface area contributed by atoms with Crippen molar-refractivity contribution in [1.29, 1.82) is 0 Å². The van der Waals surface area contributed by atoms with Crippen molar-refractivity contribution in [3.05, 3.63) is 59.2 Å². The summed E-state index contributed by atoms with van der Waals surface area (Å²) < 4.78 is 5.19. The summed E-state index contributed by atoms with van der Waals surface area (Å²) >= 11 is 1.57. The van der Waals surface area contributed by atoms with E-state index in [9.17, 15) is 14.7 Å². The molecule has 1 saturated carbocycles. The van der Waals surface area contributed by atoms with Gasteiger partial charge >= 0.3 is 5.97 Å². The van der Waals surface area contributed by atoms with Crippen LogP contribution in [0, 0.1) is 6.92 Å². The van der Waals surface area contributed by atoms with E-state index in [0.717, 1.165) is 36.3 Å². The molecule has 1 aliphatic heterocycles. The summed E-state index contributed by atoms with van der Waals surface area (Å²) in [7, 11) is 1.82. The number of aryl methyl sites for hydroxylation is 1. The van der Waals surface area contributed by atoms with Gasteiger partial charge < -0.3 is 15.2 Å². The Hall–Kier alpha value is -2.35. The summed E-state index contributed by atoms with van der Waals surface area (Å²) in [4.78, 5) is 27.1. The number of ether oxygens (including phenoxy) is 1. The monoisotopic (exact) mass is 628 g/mol. The van der Waals surface area contributed by atoms with Gasteiger partial charge in [-0.25, -0.2) is 4.79 Å². The zero-order valence-electron chi connectivity index (χ0n) is 28.6. The predicted octanol–water partition coefficient (Wildman–Crippen LogP) is 8.99. The number of carbonyl (C=O) groups is 2. The molecule has 7 heteroatoms. The number of benzene rings is 2. The number of thioether (sulfide) groups is 1. The fourth-order valence-electron chi connectivity index (χ4n) is 5.21. The number of nitrogens with one attached hydrogen (secondary N) is 1. The number of hydrogen-bond acceptors (Lipinski definition) is 5. The Bertz CT molecular complexity index is 1060. The lowest BCUT2D eigenvalue weighted by Gasteiger charge is -2.19. The predicted molar refractivity (Wildman–Crippen MR) is 189 cm³/mol. The minimum Gasteiger partial charge on any atom is -0.480 e. The third-order valence-electron chi connectivity index (χ3n) is 7.97. The highest BCUT2D eigenvalue weighted by molar-refractivity contribution is 7.98. The van der Waals surface area contributed by atoms with Crippen LogP contribution in [0.15, 0.2) is 42.5 Å². The molecule has 1 saturated heterocycles. The van der Waals surface area contributed by atoms with Gasteiger partial charge in [0, 0.05) is 19.2 Å². The molecular formula is C37H60N2O4S. The lowest BCUT2D eigenvalue weighted by atomic mass is 9.93. The molecule has 1 heterocycles.